The summed E-state index contributed by atoms with van der Waals surface area (Å²) in [7, 11) is 2.16. The van der Waals surface area contributed by atoms with Gasteiger partial charge in [0.2, 0.25) is 0 Å². The van der Waals surface area contributed by atoms with Gasteiger partial charge in [-0.25, -0.2) is 0 Å². The van der Waals surface area contributed by atoms with Crippen molar-refractivity contribution in [3.05, 3.63) is 24.0 Å². The second-order valence-corrected chi connectivity index (χ2v) is 4.00. The molecule has 0 atom stereocenters. The van der Waals surface area contributed by atoms with E-state index in [4.69, 9.17) is 5.73 Å². The molecule has 0 spiro atoms. The van der Waals surface area contributed by atoms with Crippen molar-refractivity contribution in [1.82, 2.24) is 9.88 Å². The van der Waals surface area contributed by atoms with Crippen LogP contribution >= 0.6 is 0 Å². The van der Waals surface area contributed by atoms with Crippen molar-refractivity contribution in [2.45, 2.75) is 6.54 Å². The lowest BCUT2D eigenvalue weighted by molar-refractivity contribution is 0.313. The Kier molecular flexibility index (Phi) is 3.18. The van der Waals surface area contributed by atoms with E-state index in [1.807, 2.05) is 6.20 Å². The number of nitrogens with two attached hydrogens (primary N) is 1. The van der Waals surface area contributed by atoms with Gasteiger partial charge in [-0.1, -0.05) is 0 Å². The van der Waals surface area contributed by atoms with Crippen LogP contribution in [0.2, 0.25) is 0 Å². The zero-order valence-electron chi connectivity index (χ0n) is 9.19. The maximum atomic E-state index is 5.58. The molecule has 0 aromatic carbocycles. The molecule has 2 rings (SSSR count). The van der Waals surface area contributed by atoms with Gasteiger partial charge in [-0.3, -0.25) is 4.98 Å². The van der Waals surface area contributed by atoms with Crippen LogP contribution in [0, 0.1) is 0 Å². The predicted octanol–water partition coefficient (Wildman–Crippen LogP) is 0.292. The van der Waals surface area contributed by atoms with Gasteiger partial charge in [0.15, 0.2) is 0 Å². The van der Waals surface area contributed by atoms with Crippen LogP contribution in [-0.2, 0) is 6.54 Å². The Hall–Kier alpha value is -1.13. The fourth-order valence-corrected chi connectivity index (χ4v) is 1.84. The molecule has 15 heavy (non-hydrogen) atoms. The van der Waals surface area contributed by atoms with Gasteiger partial charge in [-0.2, -0.15) is 0 Å². The summed E-state index contributed by atoms with van der Waals surface area (Å²) in [6, 6.07) is 4.15. The van der Waals surface area contributed by atoms with Crippen molar-refractivity contribution in [1.29, 1.82) is 0 Å². The van der Waals surface area contributed by atoms with E-state index in [2.05, 4.69) is 34.0 Å². The third-order valence-corrected chi connectivity index (χ3v) is 2.88. The first kappa shape index (κ1) is 10.4. The van der Waals surface area contributed by atoms with Crippen LogP contribution < -0.4 is 10.6 Å². The summed E-state index contributed by atoms with van der Waals surface area (Å²) in [4.78, 5) is 8.94. The molecule has 4 nitrogen and oxygen atoms in total. The fourth-order valence-electron chi connectivity index (χ4n) is 1.84. The number of anilines is 1. The molecule has 1 aromatic heterocycles. The number of hydrogen-bond acceptors (Lipinski definition) is 4. The summed E-state index contributed by atoms with van der Waals surface area (Å²) in [5.41, 5.74) is 7.79. The van der Waals surface area contributed by atoms with Crippen LogP contribution in [0.25, 0.3) is 0 Å². The SMILES string of the molecule is CN1CCN(c2ccnc(CN)c2)CC1. The Labute approximate surface area is 90.7 Å². The first-order chi connectivity index (χ1) is 7.29. The third kappa shape index (κ3) is 2.46. The Balaban J connectivity index is 2.08. The number of nitrogens with zero attached hydrogens (tertiary/aromatic N) is 3. The van der Waals surface area contributed by atoms with Crippen molar-refractivity contribution in [3.63, 3.8) is 0 Å². The Morgan fingerprint density at radius 1 is 1.33 bits per heavy atom. The van der Waals surface area contributed by atoms with Gasteiger partial charge in [0.1, 0.15) is 0 Å². The van der Waals surface area contributed by atoms with Crippen molar-refractivity contribution in [3.8, 4) is 0 Å². The smallest absolute Gasteiger partial charge is 0.0560 e. The maximum absolute atomic E-state index is 5.58. The zero-order chi connectivity index (χ0) is 10.7. The van der Waals surface area contributed by atoms with Crippen molar-refractivity contribution < 1.29 is 0 Å². The van der Waals surface area contributed by atoms with E-state index in [1.54, 1.807) is 0 Å². The second-order valence-electron chi connectivity index (χ2n) is 4.00. The molecule has 1 aliphatic heterocycles. The van der Waals surface area contributed by atoms with E-state index in [0.717, 1.165) is 31.9 Å². The van der Waals surface area contributed by atoms with E-state index in [0.29, 0.717) is 6.54 Å². The van der Waals surface area contributed by atoms with Crippen LogP contribution in [0.3, 0.4) is 0 Å². The lowest BCUT2D eigenvalue weighted by Gasteiger charge is -2.34. The predicted molar refractivity (Wildman–Crippen MR) is 61.8 cm³/mol. The highest BCUT2D eigenvalue weighted by Gasteiger charge is 2.14. The fraction of sp³-hybridized carbons (Fsp3) is 0.545. The van der Waals surface area contributed by atoms with Gasteiger partial charge in [-0.05, 0) is 19.2 Å². The summed E-state index contributed by atoms with van der Waals surface area (Å²) in [5, 5.41) is 0. The highest BCUT2D eigenvalue weighted by molar-refractivity contribution is 5.46. The topological polar surface area (TPSA) is 45.4 Å². The standard InChI is InChI=1S/C11H18N4/c1-14-4-6-15(7-5-14)11-2-3-13-10(8-11)9-12/h2-3,8H,4-7,9,12H2,1H3. The first-order valence-electron chi connectivity index (χ1n) is 5.38. The number of piperazine rings is 1. The van der Waals surface area contributed by atoms with Crippen LogP contribution in [0.15, 0.2) is 18.3 Å². The van der Waals surface area contributed by atoms with Crippen LogP contribution in [0.5, 0.6) is 0 Å². The normalized spacial score (nSPS) is 18.1. The van der Waals surface area contributed by atoms with Gasteiger partial charge < -0.3 is 15.5 Å². The maximum Gasteiger partial charge on any atom is 0.0560 e. The Bertz CT molecular complexity index is 318. The summed E-state index contributed by atoms with van der Waals surface area (Å²) in [6.07, 6.45) is 1.84. The van der Waals surface area contributed by atoms with E-state index in [1.165, 1.54) is 5.69 Å². The average Bonchev–Trinajstić information content (AvgIpc) is 2.30. The van der Waals surface area contributed by atoms with Crippen molar-refractivity contribution in [2.24, 2.45) is 5.73 Å². The average molecular weight is 206 g/mol. The zero-order valence-corrected chi connectivity index (χ0v) is 9.19. The quantitative estimate of drug-likeness (QED) is 0.755. The van der Waals surface area contributed by atoms with E-state index in [9.17, 15) is 0 Å². The number of rotatable bonds is 2. The highest BCUT2D eigenvalue weighted by Crippen LogP contribution is 2.15. The Morgan fingerprint density at radius 2 is 2.07 bits per heavy atom. The molecule has 82 valence electrons. The third-order valence-electron chi connectivity index (χ3n) is 2.88. The van der Waals surface area contributed by atoms with Crippen LogP contribution in [0.1, 0.15) is 5.69 Å². The molecule has 2 heterocycles. The molecule has 0 bridgehead atoms. The minimum atomic E-state index is 0.515. The highest BCUT2D eigenvalue weighted by atomic mass is 15.2. The lowest BCUT2D eigenvalue weighted by atomic mass is 10.2. The molecule has 0 aliphatic carbocycles. The summed E-state index contributed by atoms with van der Waals surface area (Å²) >= 11 is 0. The summed E-state index contributed by atoms with van der Waals surface area (Å²) in [6.45, 7) is 4.94. The minimum absolute atomic E-state index is 0.515. The largest absolute Gasteiger partial charge is 0.369 e. The van der Waals surface area contributed by atoms with Gasteiger partial charge in [0.25, 0.3) is 0 Å². The minimum Gasteiger partial charge on any atom is -0.369 e. The molecule has 0 unspecified atom stereocenters. The number of hydrogen-bond donors (Lipinski definition) is 1. The van der Waals surface area contributed by atoms with Crippen LogP contribution in [0.4, 0.5) is 5.69 Å². The number of pyridine rings is 1. The van der Waals surface area contributed by atoms with Crippen molar-refractivity contribution in [2.75, 3.05) is 38.1 Å². The van der Waals surface area contributed by atoms with Gasteiger partial charge >= 0.3 is 0 Å². The Morgan fingerprint density at radius 3 is 2.73 bits per heavy atom. The van der Waals surface area contributed by atoms with Gasteiger partial charge in [0, 0.05) is 44.6 Å². The molecular weight excluding hydrogens is 188 g/mol. The molecule has 4 heteroatoms. The molecule has 1 saturated heterocycles. The molecule has 0 radical (unpaired) electrons. The monoisotopic (exact) mass is 206 g/mol. The summed E-state index contributed by atoms with van der Waals surface area (Å²) in [5.74, 6) is 0. The molecule has 1 fully saturated rings. The molecule has 2 N–H and O–H groups in total. The van der Waals surface area contributed by atoms with Gasteiger partial charge in [0.05, 0.1) is 5.69 Å². The van der Waals surface area contributed by atoms with E-state index >= 15 is 0 Å². The number of aromatic nitrogens is 1. The van der Waals surface area contributed by atoms with Crippen LogP contribution in [-0.4, -0.2) is 43.1 Å². The van der Waals surface area contributed by atoms with E-state index < -0.39 is 0 Å². The number of likely N-dealkylation sites (N-methyl/N-ethyl adjacent to an activating group) is 1. The first-order valence-corrected chi connectivity index (χ1v) is 5.38. The summed E-state index contributed by atoms with van der Waals surface area (Å²) < 4.78 is 0. The molecule has 0 saturated carbocycles. The second kappa shape index (κ2) is 4.59. The van der Waals surface area contributed by atoms with E-state index in [-0.39, 0.29) is 0 Å². The lowest BCUT2D eigenvalue weighted by Crippen LogP contribution is -2.44. The molecular formula is C11H18N4. The molecule has 1 aromatic rings. The molecule has 0 amide bonds. The van der Waals surface area contributed by atoms with Gasteiger partial charge in [-0.15, -0.1) is 0 Å². The molecule has 1 aliphatic rings. The van der Waals surface area contributed by atoms with Crippen molar-refractivity contribution >= 4 is 5.69 Å².